The zero-order chi connectivity index (χ0) is 84.9. The van der Waals surface area contributed by atoms with Gasteiger partial charge in [0.15, 0.2) is 0 Å². The van der Waals surface area contributed by atoms with Gasteiger partial charge in [0, 0.05) is 239 Å². The summed E-state index contributed by atoms with van der Waals surface area (Å²) in [6.45, 7) is 20.3. The van der Waals surface area contributed by atoms with Crippen LogP contribution in [0.15, 0.2) is 243 Å². The number of hydrogen-bond acceptors (Lipinski definition) is 9. The van der Waals surface area contributed by atoms with Gasteiger partial charge in [-0.3, -0.25) is 39.5 Å². The van der Waals surface area contributed by atoms with Gasteiger partial charge in [-0.2, -0.15) is 0 Å². The maximum Gasteiger partial charge on any atom is 0.105 e. The Kier molecular flexibility index (Phi) is 23.5. The number of fused-ring (bicyclic) bond motifs is 24. The highest BCUT2D eigenvalue weighted by Crippen LogP contribution is 2.51. The van der Waals surface area contributed by atoms with Crippen molar-refractivity contribution in [1.82, 2.24) is 62.3 Å². The standard InChI is InChI=1S/C23H27N3.C23H26N2.C22H25N3O.C22H25N3.C22H24N2/c1-16-10-11-17(14-24-16)12-13-26-22-8-4-3-6-18(22)20-15-25(2)21-9-5-7-19(21)23(20)26;1-24-16-20-18-10-5-6-12-22(18)25(15-14-17-8-3-2-4-9-17)23(20)19-11-7-13-21(19)24;1-22(26,16-8-11-23-12-9-16)15-25-18-6-3-2-5-17(18)21-19-7-4-13-24(19)14-10-20(21)25;1-16-8-9-17(14-23-16)10-12-25-21-7-3-2-6-19(21)20-15-24-11-4-5-18(24)13-22(20)25;1-2-7-17(8-3-1)12-16-24-19-10-5-4-9-18(19)22-20-11-6-14-23(20)15-13-21(22)24/h3-4,6,8,10-11,14,19,21H,5,7,9,12-13,15H2,1-2H3;2-6,8-10,12,19,21H,7,11,13-16H2,1H3;2-3,5-6,8-9,11-12,19,26H,4,7,10,13-15H2,1H3;2-3,6-9,14,18H,4-5,10-13,15H2,1H3;1-5,7-10,20H,6,11-16H2. The minimum absolute atomic E-state index is 0.552. The summed E-state index contributed by atoms with van der Waals surface area (Å²) in [4.78, 5) is 26.3. The quantitative estimate of drug-likeness (QED) is 0.108. The summed E-state index contributed by atoms with van der Waals surface area (Å²) in [5.41, 5.74) is 30.4. The summed E-state index contributed by atoms with van der Waals surface area (Å²) >= 11 is 0. The molecular formula is C112H127N13O. The topological polar surface area (TPSA) is 99.8 Å². The monoisotopic (exact) mass is 1670 g/mol. The lowest BCUT2D eigenvalue weighted by atomic mass is 9.90. The zero-order valence-corrected chi connectivity index (χ0v) is 75.0. The molecular weight excluding hydrogens is 1540 g/mol. The number of hydrogen-bond donors (Lipinski definition) is 1. The van der Waals surface area contributed by atoms with Crippen LogP contribution >= 0.6 is 0 Å². The van der Waals surface area contributed by atoms with E-state index < -0.39 is 5.60 Å². The third kappa shape index (κ3) is 16.0. The van der Waals surface area contributed by atoms with Gasteiger partial charge >= 0.3 is 0 Å². The zero-order valence-electron chi connectivity index (χ0n) is 75.0. The maximum absolute atomic E-state index is 11.2. The van der Waals surface area contributed by atoms with Gasteiger partial charge in [0.2, 0.25) is 0 Å². The fourth-order valence-corrected chi connectivity index (χ4v) is 25.1. The van der Waals surface area contributed by atoms with Gasteiger partial charge in [0.05, 0.1) is 6.54 Å². The van der Waals surface area contributed by atoms with E-state index in [0.29, 0.717) is 24.5 Å². The Labute approximate surface area is 745 Å². The molecule has 646 valence electrons. The molecule has 14 heteroatoms. The van der Waals surface area contributed by atoms with Crippen molar-refractivity contribution in [3.63, 3.8) is 0 Å². The van der Waals surface area contributed by atoms with Crippen LogP contribution < -0.4 is 0 Å². The number of aromatic nitrogens is 8. The molecule has 3 saturated heterocycles. The molecule has 15 aromatic rings. The van der Waals surface area contributed by atoms with Crippen LogP contribution in [0.5, 0.6) is 0 Å². The Morgan fingerprint density at radius 1 is 0.365 bits per heavy atom. The van der Waals surface area contributed by atoms with Crippen molar-refractivity contribution < 1.29 is 5.11 Å². The lowest BCUT2D eigenvalue weighted by Crippen LogP contribution is -2.38. The third-order valence-electron chi connectivity index (χ3n) is 31.1. The first-order valence-corrected chi connectivity index (χ1v) is 48.1. The van der Waals surface area contributed by atoms with Crippen LogP contribution in [0.1, 0.15) is 203 Å². The van der Waals surface area contributed by atoms with Crippen LogP contribution in [-0.4, -0.2) is 132 Å². The van der Waals surface area contributed by atoms with Gasteiger partial charge < -0.3 is 27.9 Å². The van der Waals surface area contributed by atoms with Gasteiger partial charge in [0.1, 0.15) is 5.60 Å². The summed E-state index contributed by atoms with van der Waals surface area (Å²) in [7, 11) is 4.64. The van der Waals surface area contributed by atoms with Crippen LogP contribution in [0.3, 0.4) is 0 Å². The third-order valence-corrected chi connectivity index (χ3v) is 31.1. The van der Waals surface area contributed by atoms with Gasteiger partial charge in [-0.25, -0.2) is 0 Å². The lowest BCUT2D eigenvalue weighted by molar-refractivity contribution is 0.0382. The maximum atomic E-state index is 11.2. The number of para-hydroxylation sites is 5. The van der Waals surface area contributed by atoms with Gasteiger partial charge in [0.25, 0.3) is 0 Å². The van der Waals surface area contributed by atoms with E-state index in [1.54, 1.807) is 57.4 Å². The summed E-state index contributed by atoms with van der Waals surface area (Å²) in [5.74, 6) is 1.42. The van der Waals surface area contributed by atoms with Gasteiger partial charge in [-0.05, 0) is 255 Å². The number of aliphatic hydroxyl groups is 1. The Hall–Kier alpha value is -10.6. The van der Waals surface area contributed by atoms with Crippen molar-refractivity contribution in [2.24, 2.45) is 0 Å². The second-order valence-corrected chi connectivity index (χ2v) is 38.6. The second kappa shape index (κ2) is 35.9. The molecule has 0 spiro atoms. The van der Waals surface area contributed by atoms with Gasteiger partial charge in [-0.1, -0.05) is 177 Å². The van der Waals surface area contributed by atoms with Crippen molar-refractivity contribution in [3.8, 4) is 0 Å². The highest BCUT2D eigenvalue weighted by molar-refractivity contribution is 5.90. The Balaban J connectivity index is 0.0000000961. The van der Waals surface area contributed by atoms with Crippen LogP contribution in [-0.2, 0) is 103 Å². The van der Waals surface area contributed by atoms with E-state index in [1.165, 1.54) is 204 Å². The summed E-state index contributed by atoms with van der Waals surface area (Å²) in [6.07, 6.45) is 31.5. The summed E-state index contributed by atoms with van der Waals surface area (Å²) < 4.78 is 12.9. The van der Waals surface area contributed by atoms with E-state index in [4.69, 9.17) is 0 Å². The van der Waals surface area contributed by atoms with Gasteiger partial charge in [-0.15, -0.1) is 0 Å². The first-order chi connectivity index (χ1) is 61.9. The summed E-state index contributed by atoms with van der Waals surface area (Å²) in [6, 6.07) is 82.6. The molecule has 8 aromatic heterocycles. The average Bonchev–Trinajstić information content (AvgIpc) is 1.51. The molecule has 2 aliphatic carbocycles. The minimum Gasteiger partial charge on any atom is -0.384 e. The molecule has 25 rings (SSSR count). The molecule has 0 bridgehead atoms. The normalized spacial score (nSPS) is 21.6. The van der Waals surface area contributed by atoms with Crippen molar-refractivity contribution in [1.29, 1.82) is 0 Å². The number of benzene rings is 7. The molecule has 0 radical (unpaired) electrons. The highest BCUT2D eigenvalue weighted by Gasteiger charge is 2.44. The van der Waals surface area contributed by atoms with Crippen molar-refractivity contribution >= 4 is 54.5 Å². The first-order valence-electron chi connectivity index (χ1n) is 48.1. The fraction of sp³-hybridized carbons (Fsp3) is 0.402. The predicted molar refractivity (Wildman–Crippen MR) is 514 cm³/mol. The molecule has 1 N–H and O–H groups in total. The van der Waals surface area contributed by atoms with E-state index in [-0.39, 0.29) is 0 Å². The minimum atomic E-state index is -0.925. The fourth-order valence-electron chi connectivity index (χ4n) is 25.1. The molecule has 14 nitrogen and oxygen atoms in total. The average molecular weight is 1670 g/mol. The Bertz CT molecular complexity index is 6330. The van der Waals surface area contributed by atoms with E-state index >= 15 is 0 Å². The highest BCUT2D eigenvalue weighted by atomic mass is 16.3. The molecule has 8 aliphatic heterocycles. The largest absolute Gasteiger partial charge is 0.384 e. The number of aryl methyl sites for hydroxylation is 10. The van der Waals surface area contributed by atoms with Crippen LogP contribution in [0.25, 0.3) is 54.5 Å². The van der Waals surface area contributed by atoms with Crippen LogP contribution in [0.4, 0.5) is 0 Å². The molecule has 8 atom stereocenters. The second-order valence-electron chi connectivity index (χ2n) is 38.6. The van der Waals surface area contributed by atoms with E-state index in [1.807, 2.05) is 38.4 Å². The molecule has 10 aliphatic rings. The predicted octanol–water partition coefficient (Wildman–Crippen LogP) is 22.0. The van der Waals surface area contributed by atoms with Crippen molar-refractivity contribution in [3.05, 3.63) is 339 Å². The number of pyridine rings is 3. The van der Waals surface area contributed by atoms with E-state index in [9.17, 15) is 5.11 Å². The SMILES string of the molecule is CC(O)(Cn1c2c(c3ccccc31)C1CCCN1CC2)c1ccncc1.CN1Cc2c(n(CCc3ccccc3)c3ccccc23)C2CCCC21.Cc1ccc(CCn2c3c(c4ccccc42)CN(C)C2CCCC32)cn1.Cc1ccc(CCn2c3c(c4ccccc42)CN2CCCC2C3)cn1.c1ccc(CCn2c3c(c4ccccc42)C2CCCN2CC3)cc1. The van der Waals surface area contributed by atoms with Crippen molar-refractivity contribution in [2.75, 3.05) is 46.8 Å². The molecule has 2 saturated carbocycles. The smallest absolute Gasteiger partial charge is 0.105 e. The molecule has 126 heavy (non-hydrogen) atoms. The molecule has 8 unspecified atom stereocenters. The number of likely N-dealkylation sites (N-methyl/N-ethyl adjacent to an activating group) is 2. The first kappa shape index (κ1) is 82.4. The van der Waals surface area contributed by atoms with Crippen LogP contribution in [0.2, 0.25) is 0 Å². The molecule has 0 amide bonds. The van der Waals surface area contributed by atoms with E-state index in [0.717, 1.165) is 125 Å². The molecule has 16 heterocycles. The van der Waals surface area contributed by atoms with Crippen molar-refractivity contribution in [2.45, 2.75) is 243 Å². The van der Waals surface area contributed by atoms with Crippen LogP contribution in [0, 0.1) is 13.8 Å². The lowest BCUT2D eigenvalue weighted by Gasteiger charge is -2.36. The number of rotatable bonds is 15. The molecule has 7 aromatic carbocycles. The Morgan fingerprint density at radius 2 is 0.770 bits per heavy atom. The Morgan fingerprint density at radius 3 is 1.26 bits per heavy atom. The summed E-state index contributed by atoms with van der Waals surface area (Å²) in [5, 5.41) is 18.5. The van der Waals surface area contributed by atoms with E-state index in [2.05, 4.69) is 290 Å². The number of nitrogens with zero attached hydrogens (tertiary/aromatic N) is 13. The molecule has 5 fully saturated rings.